The third-order valence-electron chi connectivity index (χ3n) is 11.6. The van der Waals surface area contributed by atoms with E-state index in [4.69, 9.17) is 23.8 Å². The number of fused-ring (bicyclic) bond motifs is 8. The van der Waals surface area contributed by atoms with Crippen LogP contribution in [0.25, 0.3) is 117 Å². The number of nitrogens with zero attached hydrogens (tertiary/aromatic N) is 3. The third kappa shape index (κ3) is 5.21. The molecule has 0 atom stereocenters. The Hall–Kier alpha value is -7.63. The SMILES string of the molecule is C1=Cc2c(-c3nc(-c4ccccc4)nc(-c4cccc5c4oc4ccccc45)n3)ccc(-c3cc(-c4ccc5ccccc5c4)cc4oc5ccccc5c34)c2CC1. The second kappa shape index (κ2) is 13.0. The van der Waals surface area contributed by atoms with E-state index < -0.39 is 0 Å². The molecular formula is C53H33N3O2. The highest BCUT2D eigenvalue weighted by Gasteiger charge is 2.24. The molecule has 0 fully saturated rings. The van der Waals surface area contributed by atoms with Crippen molar-refractivity contribution in [3.8, 4) is 56.4 Å². The molecule has 3 heterocycles. The Morgan fingerprint density at radius 3 is 2.00 bits per heavy atom. The van der Waals surface area contributed by atoms with Crippen molar-refractivity contribution in [3.05, 3.63) is 181 Å². The van der Waals surface area contributed by atoms with Gasteiger partial charge >= 0.3 is 0 Å². The molecule has 0 N–H and O–H groups in total. The third-order valence-corrected chi connectivity index (χ3v) is 11.6. The van der Waals surface area contributed by atoms with E-state index in [1.54, 1.807) is 0 Å². The summed E-state index contributed by atoms with van der Waals surface area (Å²) in [5.41, 5.74) is 13.1. The molecule has 0 unspecified atom stereocenters. The van der Waals surface area contributed by atoms with Crippen molar-refractivity contribution in [2.45, 2.75) is 12.8 Å². The van der Waals surface area contributed by atoms with E-state index in [1.807, 2.05) is 60.7 Å². The van der Waals surface area contributed by atoms with Gasteiger partial charge in [0.1, 0.15) is 22.3 Å². The molecule has 0 bridgehead atoms. The minimum atomic E-state index is 0.570. The van der Waals surface area contributed by atoms with Gasteiger partial charge in [-0.1, -0.05) is 133 Å². The van der Waals surface area contributed by atoms with Crippen LogP contribution in [0.4, 0.5) is 0 Å². The van der Waals surface area contributed by atoms with E-state index in [2.05, 4.69) is 115 Å². The number of allylic oxidation sites excluding steroid dienone is 1. The molecule has 0 saturated heterocycles. The fraction of sp³-hybridized carbons (Fsp3) is 0.0377. The lowest BCUT2D eigenvalue weighted by molar-refractivity contribution is 0.669. The largest absolute Gasteiger partial charge is 0.456 e. The molecular weight excluding hydrogens is 711 g/mol. The van der Waals surface area contributed by atoms with Crippen LogP contribution in [-0.2, 0) is 6.42 Å². The summed E-state index contributed by atoms with van der Waals surface area (Å²) in [6, 6.07) is 57.0. The molecule has 8 aromatic carbocycles. The number of benzene rings is 8. The van der Waals surface area contributed by atoms with Gasteiger partial charge < -0.3 is 8.83 Å². The maximum Gasteiger partial charge on any atom is 0.167 e. The molecule has 0 amide bonds. The number of para-hydroxylation sites is 3. The Labute approximate surface area is 333 Å². The molecule has 1 aliphatic carbocycles. The van der Waals surface area contributed by atoms with Crippen LogP contribution in [0.5, 0.6) is 0 Å². The van der Waals surface area contributed by atoms with Crippen molar-refractivity contribution in [1.82, 2.24) is 15.0 Å². The van der Waals surface area contributed by atoms with Gasteiger partial charge in [-0.15, -0.1) is 0 Å². The average Bonchev–Trinajstić information content (AvgIpc) is 3.87. The van der Waals surface area contributed by atoms with E-state index in [0.717, 1.165) is 95.7 Å². The number of rotatable bonds is 5. The predicted octanol–water partition coefficient (Wildman–Crippen LogP) is 14.1. The summed E-state index contributed by atoms with van der Waals surface area (Å²) < 4.78 is 13.1. The van der Waals surface area contributed by atoms with Gasteiger partial charge in [-0.05, 0) is 99.5 Å². The lowest BCUT2D eigenvalue weighted by Crippen LogP contribution is -2.05. The summed E-state index contributed by atoms with van der Waals surface area (Å²) >= 11 is 0. The minimum absolute atomic E-state index is 0.570. The topological polar surface area (TPSA) is 65.0 Å². The summed E-state index contributed by atoms with van der Waals surface area (Å²) in [5, 5.41) is 6.76. The molecule has 272 valence electrons. The quantitative estimate of drug-likeness (QED) is 0.176. The molecule has 0 saturated carbocycles. The second-order valence-electron chi connectivity index (χ2n) is 15.0. The van der Waals surface area contributed by atoms with Crippen LogP contribution >= 0.6 is 0 Å². The van der Waals surface area contributed by atoms with Crippen LogP contribution in [-0.4, -0.2) is 15.0 Å². The van der Waals surface area contributed by atoms with E-state index in [0.29, 0.717) is 17.5 Å². The zero-order valence-electron chi connectivity index (χ0n) is 31.3. The molecule has 58 heavy (non-hydrogen) atoms. The maximum absolute atomic E-state index is 6.61. The Kier molecular flexibility index (Phi) is 7.29. The van der Waals surface area contributed by atoms with E-state index >= 15 is 0 Å². The highest BCUT2D eigenvalue weighted by Crippen LogP contribution is 2.45. The number of aromatic nitrogens is 3. The van der Waals surface area contributed by atoms with Gasteiger partial charge in [0.15, 0.2) is 17.5 Å². The molecule has 3 aromatic heterocycles. The highest BCUT2D eigenvalue weighted by atomic mass is 16.3. The van der Waals surface area contributed by atoms with Crippen LogP contribution in [0.1, 0.15) is 17.5 Å². The molecule has 12 rings (SSSR count). The average molecular weight is 744 g/mol. The lowest BCUT2D eigenvalue weighted by Gasteiger charge is -2.20. The molecule has 1 aliphatic rings. The van der Waals surface area contributed by atoms with Crippen molar-refractivity contribution in [1.29, 1.82) is 0 Å². The first-order valence-electron chi connectivity index (χ1n) is 19.7. The summed E-state index contributed by atoms with van der Waals surface area (Å²) in [6.45, 7) is 0. The van der Waals surface area contributed by atoms with Crippen LogP contribution in [0, 0.1) is 0 Å². The molecule has 5 nitrogen and oxygen atoms in total. The minimum Gasteiger partial charge on any atom is -0.456 e. The van der Waals surface area contributed by atoms with E-state index in [-0.39, 0.29) is 0 Å². The first-order valence-corrected chi connectivity index (χ1v) is 19.7. The van der Waals surface area contributed by atoms with Gasteiger partial charge in [-0.3, -0.25) is 0 Å². The monoisotopic (exact) mass is 743 g/mol. The molecule has 11 aromatic rings. The summed E-state index contributed by atoms with van der Waals surface area (Å²) in [4.78, 5) is 15.6. The fourth-order valence-electron chi connectivity index (χ4n) is 8.86. The van der Waals surface area contributed by atoms with E-state index in [9.17, 15) is 0 Å². The molecule has 0 spiro atoms. The van der Waals surface area contributed by atoms with Gasteiger partial charge in [0.25, 0.3) is 0 Å². The van der Waals surface area contributed by atoms with Gasteiger partial charge in [0, 0.05) is 32.7 Å². The molecule has 5 heteroatoms. The Morgan fingerprint density at radius 2 is 1.12 bits per heavy atom. The van der Waals surface area contributed by atoms with Gasteiger partial charge in [-0.25, -0.2) is 15.0 Å². The zero-order valence-corrected chi connectivity index (χ0v) is 31.3. The van der Waals surface area contributed by atoms with E-state index in [1.165, 1.54) is 21.9 Å². The van der Waals surface area contributed by atoms with Crippen molar-refractivity contribution in [3.63, 3.8) is 0 Å². The standard InChI is InChI=1S/C53H33N3O2/c1-2-14-33(15-3-1)51-54-52(56-53(55-51)44-22-12-21-41-40-19-8-10-23-46(40)58-50(41)44)42-28-27-39(37-17-6-7-18-38(37)42)45-30-36(35-26-25-32-13-4-5-16-34(32)29-35)31-48-49(45)43-20-9-11-24-47(43)57-48/h1-5,7-16,18-31H,6,17H2. The van der Waals surface area contributed by atoms with Crippen molar-refractivity contribution in [2.24, 2.45) is 0 Å². The number of hydrogen-bond donors (Lipinski definition) is 0. The van der Waals surface area contributed by atoms with Crippen molar-refractivity contribution >= 4 is 60.7 Å². The van der Waals surface area contributed by atoms with Crippen molar-refractivity contribution in [2.75, 3.05) is 0 Å². The van der Waals surface area contributed by atoms with Gasteiger partial charge in [0.2, 0.25) is 0 Å². The predicted molar refractivity (Wildman–Crippen MR) is 236 cm³/mol. The van der Waals surface area contributed by atoms with Crippen LogP contribution in [0.15, 0.2) is 179 Å². The Balaban J connectivity index is 1.08. The smallest absolute Gasteiger partial charge is 0.167 e. The maximum atomic E-state index is 6.61. The summed E-state index contributed by atoms with van der Waals surface area (Å²) in [7, 11) is 0. The van der Waals surface area contributed by atoms with Crippen molar-refractivity contribution < 1.29 is 8.83 Å². The number of hydrogen-bond acceptors (Lipinski definition) is 5. The van der Waals surface area contributed by atoms with Crippen LogP contribution in [0.3, 0.4) is 0 Å². The second-order valence-corrected chi connectivity index (χ2v) is 15.0. The number of furan rings is 2. The first-order chi connectivity index (χ1) is 28.7. The Bertz CT molecular complexity index is 3470. The zero-order chi connectivity index (χ0) is 38.2. The normalized spacial score (nSPS) is 12.6. The first kappa shape index (κ1) is 32.6. The molecule has 0 radical (unpaired) electrons. The van der Waals surface area contributed by atoms with Crippen LogP contribution in [0.2, 0.25) is 0 Å². The fourth-order valence-corrected chi connectivity index (χ4v) is 8.86. The molecule has 0 aliphatic heterocycles. The highest BCUT2D eigenvalue weighted by molar-refractivity contribution is 6.14. The Morgan fingerprint density at radius 1 is 0.414 bits per heavy atom. The van der Waals surface area contributed by atoms with Crippen LogP contribution < -0.4 is 0 Å². The van der Waals surface area contributed by atoms with Gasteiger partial charge in [-0.2, -0.15) is 0 Å². The van der Waals surface area contributed by atoms with Gasteiger partial charge in [0.05, 0.1) is 5.56 Å². The summed E-state index contributed by atoms with van der Waals surface area (Å²) in [5.74, 6) is 1.80. The lowest BCUT2D eigenvalue weighted by atomic mass is 9.84. The summed E-state index contributed by atoms with van der Waals surface area (Å²) in [6.07, 6.45) is 6.34.